The van der Waals surface area contributed by atoms with Crippen molar-refractivity contribution in [3.63, 3.8) is 0 Å². The first-order valence-electron chi connectivity index (χ1n) is 6.91. The van der Waals surface area contributed by atoms with Crippen LogP contribution in [0.15, 0.2) is 0 Å². The van der Waals surface area contributed by atoms with E-state index >= 15 is 0 Å². The van der Waals surface area contributed by atoms with Gasteiger partial charge < -0.3 is 9.47 Å². The van der Waals surface area contributed by atoms with Gasteiger partial charge in [0.1, 0.15) is 0 Å². The Kier molecular flexibility index (Phi) is 11.5. The fourth-order valence-corrected chi connectivity index (χ4v) is 1.62. The first-order chi connectivity index (χ1) is 8.22. The summed E-state index contributed by atoms with van der Waals surface area (Å²) in [5.74, 6) is -0.254. The molecule has 3 heteroatoms. The molecular weight excluding hydrogens is 216 g/mol. The lowest BCUT2D eigenvalue weighted by Gasteiger charge is -2.09. The van der Waals surface area contributed by atoms with Crippen LogP contribution in [0.25, 0.3) is 0 Å². The molecule has 0 aromatic heterocycles. The maximum absolute atomic E-state index is 11.2. The summed E-state index contributed by atoms with van der Waals surface area (Å²) in [5, 5.41) is 0. The number of methoxy groups -OCH3 is 1. The number of ether oxygens (including phenoxy) is 2. The average Bonchev–Trinajstić information content (AvgIpc) is 2.35. The Labute approximate surface area is 106 Å². The molecule has 0 heterocycles. The number of hydrogen-bond acceptors (Lipinski definition) is 3. The Morgan fingerprint density at radius 1 is 1.00 bits per heavy atom. The van der Waals surface area contributed by atoms with Crippen molar-refractivity contribution < 1.29 is 14.3 Å². The molecule has 3 nitrogen and oxygen atoms in total. The van der Waals surface area contributed by atoms with Gasteiger partial charge in [0.25, 0.3) is 0 Å². The summed E-state index contributed by atoms with van der Waals surface area (Å²) in [6.07, 6.45) is 9.59. The maximum atomic E-state index is 11.2. The molecule has 0 amide bonds. The molecule has 0 aliphatic heterocycles. The van der Waals surface area contributed by atoms with Gasteiger partial charge in [-0.05, 0) is 13.3 Å². The molecule has 0 aromatic carbocycles. The third-order valence-electron chi connectivity index (χ3n) is 2.93. The van der Waals surface area contributed by atoms with Crippen molar-refractivity contribution in [3.05, 3.63) is 0 Å². The quantitative estimate of drug-likeness (QED) is 0.410. The van der Waals surface area contributed by atoms with Gasteiger partial charge in [-0.25, -0.2) is 4.79 Å². The third kappa shape index (κ3) is 10.3. The molecule has 0 saturated heterocycles. The number of rotatable bonds is 11. The number of carbonyl (C=O) groups is 1. The van der Waals surface area contributed by atoms with E-state index in [0.29, 0.717) is 6.61 Å². The first kappa shape index (κ1) is 16.4. The van der Waals surface area contributed by atoms with Crippen molar-refractivity contribution in [2.75, 3.05) is 13.7 Å². The summed E-state index contributed by atoms with van der Waals surface area (Å²) >= 11 is 0. The zero-order valence-corrected chi connectivity index (χ0v) is 11.7. The zero-order valence-electron chi connectivity index (χ0n) is 11.7. The van der Waals surface area contributed by atoms with Crippen molar-refractivity contribution in [1.82, 2.24) is 0 Å². The second-order valence-corrected chi connectivity index (χ2v) is 4.52. The van der Waals surface area contributed by atoms with Crippen LogP contribution < -0.4 is 0 Å². The van der Waals surface area contributed by atoms with E-state index in [1.807, 2.05) is 0 Å². The first-order valence-corrected chi connectivity index (χ1v) is 6.91. The lowest BCUT2D eigenvalue weighted by molar-refractivity contribution is -0.154. The summed E-state index contributed by atoms with van der Waals surface area (Å²) in [6.45, 7) is 4.47. The van der Waals surface area contributed by atoms with Gasteiger partial charge in [0.2, 0.25) is 0 Å². The molecule has 0 bridgehead atoms. The predicted molar refractivity (Wildman–Crippen MR) is 70.0 cm³/mol. The number of hydrogen-bond donors (Lipinski definition) is 0. The van der Waals surface area contributed by atoms with E-state index in [1.54, 1.807) is 6.92 Å². The summed E-state index contributed by atoms with van der Waals surface area (Å²) < 4.78 is 9.95. The Morgan fingerprint density at radius 2 is 1.53 bits per heavy atom. The van der Waals surface area contributed by atoms with E-state index in [4.69, 9.17) is 9.47 Å². The second-order valence-electron chi connectivity index (χ2n) is 4.52. The topological polar surface area (TPSA) is 35.5 Å². The molecule has 1 atom stereocenters. The summed E-state index contributed by atoms with van der Waals surface area (Å²) in [5.41, 5.74) is 0. The van der Waals surface area contributed by atoms with E-state index in [2.05, 4.69) is 6.92 Å². The molecule has 0 N–H and O–H groups in total. The normalized spacial score (nSPS) is 12.4. The van der Waals surface area contributed by atoms with Crippen molar-refractivity contribution in [2.45, 2.75) is 71.3 Å². The molecule has 0 radical (unpaired) electrons. The van der Waals surface area contributed by atoms with Crippen molar-refractivity contribution in [3.8, 4) is 0 Å². The molecule has 0 rings (SSSR count). The predicted octanol–water partition coefficient (Wildman–Crippen LogP) is 3.71. The standard InChI is InChI=1S/C14H28O3/c1-4-5-6-7-8-9-10-11-12-17-14(15)13(2)16-3/h13H,4-12H2,1-3H3. The van der Waals surface area contributed by atoms with Crippen LogP contribution in [0, 0.1) is 0 Å². The minimum Gasteiger partial charge on any atom is -0.464 e. The molecule has 0 aliphatic rings. The van der Waals surface area contributed by atoms with Gasteiger partial charge in [-0.15, -0.1) is 0 Å². The lowest BCUT2D eigenvalue weighted by Crippen LogP contribution is -2.22. The van der Waals surface area contributed by atoms with Crippen LogP contribution in [0.1, 0.15) is 65.2 Å². The number of unbranched alkanes of at least 4 members (excludes halogenated alkanes) is 7. The van der Waals surface area contributed by atoms with Gasteiger partial charge in [-0.1, -0.05) is 51.9 Å². The van der Waals surface area contributed by atoms with Gasteiger partial charge in [-0.3, -0.25) is 0 Å². The van der Waals surface area contributed by atoms with Gasteiger partial charge in [-0.2, -0.15) is 0 Å². The molecule has 17 heavy (non-hydrogen) atoms. The summed E-state index contributed by atoms with van der Waals surface area (Å²) in [6, 6.07) is 0. The van der Waals surface area contributed by atoms with Gasteiger partial charge in [0.15, 0.2) is 6.10 Å². The largest absolute Gasteiger partial charge is 0.464 e. The summed E-state index contributed by atoms with van der Waals surface area (Å²) in [7, 11) is 1.52. The van der Waals surface area contributed by atoms with E-state index in [9.17, 15) is 4.79 Å². The van der Waals surface area contributed by atoms with Gasteiger partial charge in [0.05, 0.1) is 6.61 Å². The molecule has 0 aliphatic carbocycles. The molecule has 0 saturated carbocycles. The van der Waals surface area contributed by atoms with Gasteiger partial charge in [0, 0.05) is 7.11 Å². The fourth-order valence-electron chi connectivity index (χ4n) is 1.62. The molecule has 102 valence electrons. The number of esters is 1. The van der Waals surface area contributed by atoms with Crippen molar-refractivity contribution in [2.24, 2.45) is 0 Å². The van der Waals surface area contributed by atoms with E-state index < -0.39 is 6.10 Å². The Bertz CT molecular complexity index is 180. The molecule has 1 unspecified atom stereocenters. The fraction of sp³-hybridized carbons (Fsp3) is 0.929. The second kappa shape index (κ2) is 11.9. The summed E-state index contributed by atoms with van der Waals surface area (Å²) in [4.78, 5) is 11.2. The average molecular weight is 244 g/mol. The van der Waals surface area contributed by atoms with Crippen molar-refractivity contribution in [1.29, 1.82) is 0 Å². The van der Waals surface area contributed by atoms with E-state index in [-0.39, 0.29) is 5.97 Å². The van der Waals surface area contributed by atoms with Crippen molar-refractivity contribution >= 4 is 5.97 Å². The van der Waals surface area contributed by atoms with Crippen LogP contribution in [0.4, 0.5) is 0 Å². The van der Waals surface area contributed by atoms with Crippen LogP contribution >= 0.6 is 0 Å². The third-order valence-corrected chi connectivity index (χ3v) is 2.93. The lowest BCUT2D eigenvalue weighted by atomic mass is 10.1. The highest BCUT2D eigenvalue weighted by atomic mass is 16.6. The number of carbonyl (C=O) groups excluding carboxylic acids is 1. The molecular formula is C14H28O3. The Balaban J connectivity index is 3.16. The Morgan fingerprint density at radius 3 is 2.06 bits per heavy atom. The van der Waals surface area contributed by atoms with Crippen LogP contribution in [-0.2, 0) is 14.3 Å². The zero-order chi connectivity index (χ0) is 12.9. The minimum absolute atomic E-state index is 0.254. The van der Waals surface area contributed by atoms with Crippen LogP contribution in [0.5, 0.6) is 0 Å². The monoisotopic (exact) mass is 244 g/mol. The highest BCUT2D eigenvalue weighted by Crippen LogP contribution is 2.08. The van der Waals surface area contributed by atoms with Crippen LogP contribution in [-0.4, -0.2) is 25.8 Å². The van der Waals surface area contributed by atoms with Crippen LogP contribution in [0.2, 0.25) is 0 Å². The minimum atomic E-state index is -0.441. The molecule has 0 fully saturated rings. The Hall–Kier alpha value is -0.570. The van der Waals surface area contributed by atoms with Crippen LogP contribution in [0.3, 0.4) is 0 Å². The van der Waals surface area contributed by atoms with E-state index in [0.717, 1.165) is 12.8 Å². The maximum Gasteiger partial charge on any atom is 0.334 e. The smallest absolute Gasteiger partial charge is 0.334 e. The highest BCUT2D eigenvalue weighted by molar-refractivity contribution is 5.74. The SMILES string of the molecule is CCCCCCCCCCOC(=O)C(C)OC. The molecule has 0 aromatic rings. The van der Waals surface area contributed by atoms with E-state index in [1.165, 1.54) is 45.6 Å². The highest BCUT2D eigenvalue weighted by Gasteiger charge is 2.11. The molecule has 0 spiro atoms. The van der Waals surface area contributed by atoms with Gasteiger partial charge >= 0.3 is 5.97 Å².